The van der Waals surface area contributed by atoms with Gasteiger partial charge in [0.25, 0.3) is 0 Å². The van der Waals surface area contributed by atoms with E-state index in [0.29, 0.717) is 10.9 Å². The van der Waals surface area contributed by atoms with Crippen LogP contribution in [0.5, 0.6) is 5.75 Å². The van der Waals surface area contributed by atoms with Crippen LogP contribution in [0.2, 0.25) is 0 Å². The van der Waals surface area contributed by atoms with Gasteiger partial charge in [-0.1, -0.05) is 33.6 Å². The molecular weight excluding hydrogens is 280 g/mol. The summed E-state index contributed by atoms with van der Waals surface area (Å²) in [5, 5.41) is 0. The van der Waals surface area contributed by atoms with Crippen molar-refractivity contribution >= 4 is 15.9 Å². The summed E-state index contributed by atoms with van der Waals surface area (Å²) in [6.07, 6.45) is 3.55. The van der Waals surface area contributed by atoms with Gasteiger partial charge in [-0.05, 0) is 31.4 Å². The van der Waals surface area contributed by atoms with Crippen molar-refractivity contribution in [2.45, 2.75) is 37.1 Å². The lowest BCUT2D eigenvalue weighted by atomic mass is 10.0. The topological polar surface area (TPSA) is 18.5 Å². The molecule has 0 radical (unpaired) electrons. The molecule has 1 aromatic rings. The zero-order chi connectivity index (χ0) is 12.3. The first-order valence-electron chi connectivity index (χ1n) is 6.08. The third-order valence-corrected chi connectivity index (χ3v) is 3.83. The zero-order valence-electron chi connectivity index (χ0n) is 10.4. The molecule has 0 N–H and O–H groups in total. The minimum absolute atomic E-state index is 0.337. The fourth-order valence-corrected chi connectivity index (χ4v) is 2.77. The summed E-state index contributed by atoms with van der Waals surface area (Å²) < 4.78 is 11.0. The Labute approximate surface area is 111 Å². The molecule has 0 saturated carbocycles. The van der Waals surface area contributed by atoms with Crippen molar-refractivity contribution in [3.05, 3.63) is 29.3 Å². The average molecular weight is 299 g/mol. The fraction of sp³-hybridized carbons (Fsp3) is 0.571. The van der Waals surface area contributed by atoms with Crippen LogP contribution in [0.4, 0.5) is 0 Å². The summed E-state index contributed by atoms with van der Waals surface area (Å²) in [6.45, 7) is 2.89. The van der Waals surface area contributed by atoms with Gasteiger partial charge >= 0.3 is 0 Å². The normalized spacial score (nSPS) is 19.8. The monoisotopic (exact) mass is 298 g/mol. The fourth-order valence-electron chi connectivity index (χ4n) is 2.24. The zero-order valence-corrected chi connectivity index (χ0v) is 12.0. The Morgan fingerprint density at radius 2 is 2.35 bits per heavy atom. The van der Waals surface area contributed by atoms with E-state index in [9.17, 15) is 0 Å². The lowest BCUT2D eigenvalue weighted by molar-refractivity contribution is 0.183. The molecule has 94 valence electrons. The third kappa shape index (κ3) is 3.46. The van der Waals surface area contributed by atoms with E-state index in [0.717, 1.165) is 31.6 Å². The smallest absolute Gasteiger partial charge is 0.123 e. The molecule has 0 amide bonds. The van der Waals surface area contributed by atoms with E-state index < -0.39 is 0 Å². The van der Waals surface area contributed by atoms with Crippen LogP contribution in [-0.2, 0) is 11.2 Å². The van der Waals surface area contributed by atoms with Crippen molar-refractivity contribution in [3.8, 4) is 5.75 Å². The molecule has 0 aliphatic carbocycles. The Bertz CT molecular complexity index is 378. The van der Waals surface area contributed by atoms with Crippen LogP contribution in [0.1, 0.15) is 24.0 Å². The molecule has 1 heterocycles. The molecule has 0 fully saturated rings. The number of benzene rings is 1. The molecule has 0 aromatic heterocycles. The first kappa shape index (κ1) is 12.9. The average Bonchev–Trinajstić information content (AvgIpc) is 2.68. The van der Waals surface area contributed by atoms with Crippen LogP contribution in [0, 0.1) is 6.92 Å². The lowest BCUT2D eigenvalue weighted by Crippen LogP contribution is -2.16. The van der Waals surface area contributed by atoms with Crippen LogP contribution in [-0.4, -0.2) is 24.6 Å². The van der Waals surface area contributed by atoms with Crippen LogP contribution in [0.25, 0.3) is 0 Å². The molecule has 2 rings (SSSR count). The van der Waals surface area contributed by atoms with Gasteiger partial charge in [0.05, 0.1) is 6.61 Å². The summed E-state index contributed by atoms with van der Waals surface area (Å²) in [5.41, 5.74) is 2.67. The van der Waals surface area contributed by atoms with Crippen molar-refractivity contribution in [1.29, 1.82) is 0 Å². The van der Waals surface area contributed by atoms with E-state index in [1.807, 2.05) is 0 Å². The molecule has 1 aliphatic heterocycles. The first-order chi connectivity index (χ1) is 8.19. The van der Waals surface area contributed by atoms with E-state index in [1.54, 1.807) is 7.11 Å². The number of aryl methyl sites for hydroxylation is 1. The number of hydrogen-bond acceptors (Lipinski definition) is 2. The Hall–Kier alpha value is -0.540. The van der Waals surface area contributed by atoms with Gasteiger partial charge < -0.3 is 9.47 Å². The molecule has 3 heteroatoms. The van der Waals surface area contributed by atoms with Gasteiger partial charge in [0.1, 0.15) is 11.9 Å². The minimum Gasteiger partial charge on any atom is -0.490 e. The third-order valence-electron chi connectivity index (χ3n) is 3.11. The molecule has 2 atom stereocenters. The van der Waals surface area contributed by atoms with Gasteiger partial charge in [0, 0.05) is 18.4 Å². The van der Waals surface area contributed by atoms with Crippen LogP contribution >= 0.6 is 15.9 Å². The number of alkyl halides is 1. The highest BCUT2D eigenvalue weighted by Crippen LogP contribution is 2.31. The second-order valence-electron chi connectivity index (χ2n) is 4.69. The van der Waals surface area contributed by atoms with E-state index in [1.165, 1.54) is 11.1 Å². The highest BCUT2D eigenvalue weighted by molar-refractivity contribution is 9.09. The van der Waals surface area contributed by atoms with E-state index in [4.69, 9.17) is 9.47 Å². The summed E-state index contributed by atoms with van der Waals surface area (Å²) in [5.74, 6) is 1.07. The van der Waals surface area contributed by atoms with E-state index >= 15 is 0 Å². The molecular formula is C14H19BrO2. The molecule has 0 saturated heterocycles. The van der Waals surface area contributed by atoms with Crippen LogP contribution < -0.4 is 4.74 Å². The summed E-state index contributed by atoms with van der Waals surface area (Å²) in [7, 11) is 1.74. The van der Waals surface area contributed by atoms with Crippen molar-refractivity contribution in [2.24, 2.45) is 0 Å². The molecule has 2 unspecified atom stereocenters. The predicted octanol–water partition coefficient (Wildman–Crippen LogP) is 3.49. The van der Waals surface area contributed by atoms with Crippen molar-refractivity contribution in [3.63, 3.8) is 0 Å². The Morgan fingerprint density at radius 1 is 1.53 bits per heavy atom. The standard InChI is InChI=1S/C14H19BrO2/c1-10-3-6-14-11(7-10)8-13(17-14)5-4-12(15)9-16-2/h3,6-7,12-13H,4-5,8-9H2,1-2H3. The number of fused-ring (bicyclic) bond motifs is 1. The number of halogens is 1. The maximum atomic E-state index is 5.93. The maximum absolute atomic E-state index is 5.93. The molecule has 1 aromatic carbocycles. The lowest BCUT2D eigenvalue weighted by Gasteiger charge is -2.13. The molecule has 17 heavy (non-hydrogen) atoms. The number of rotatable bonds is 5. The van der Waals surface area contributed by atoms with E-state index in [2.05, 4.69) is 41.1 Å². The number of ether oxygens (including phenoxy) is 2. The quantitative estimate of drug-likeness (QED) is 0.775. The molecule has 2 nitrogen and oxygen atoms in total. The van der Waals surface area contributed by atoms with Crippen molar-refractivity contribution in [2.75, 3.05) is 13.7 Å². The Morgan fingerprint density at radius 3 is 3.12 bits per heavy atom. The van der Waals surface area contributed by atoms with E-state index in [-0.39, 0.29) is 0 Å². The van der Waals surface area contributed by atoms with Gasteiger partial charge in [-0.25, -0.2) is 0 Å². The second kappa shape index (κ2) is 5.87. The van der Waals surface area contributed by atoms with Gasteiger partial charge in [-0.2, -0.15) is 0 Å². The largest absolute Gasteiger partial charge is 0.490 e. The minimum atomic E-state index is 0.337. The number of hydrogen-bond donors (Lipinski definition) is 0. The SMILES string of the molecule is COCC(Br)CCC1Cc2cc(C)ccc2O1. The van der Waals surface area contributed by atoms with Gasteiger partial charge in [-0.15, -0.1) is 0 Å². The summed E-state index contributed by atoms with van der Waals surface area (Å²) in [6, 6.07) is 6.43. The summed E-state index contributed by atoms with van der Waals surface area (Å²) >= 11 is 3.61. The van der Waals surface area contributed by atoms with Gasteiger partial charge in [0.15, 0.2) is 0 Å². The molecule has 0 bridgehead atoms. The second-order valence-corrected chi connectivity index (χ2v) is 5.98. The molecule has 0 spiro atoms. The first-order valence-corrected chi connectivity index (χ1v) is 7.00. The maximum Gasteiger partial charge on any atom is 0.123 e. The van der Waals surface area contributed by atoms with Gasteiger partial charge in [0.2, 0.25) is 0 Å². The van der Waals surface area contributed by atoms with Crippen LogP contribution in [0.15, 0.2) is 18.2 Å². The van der Waals surface area contributed by atoms with Crippen molar-refractivity contribution in [1.82, 2.24) is 0 Å². The highest BCUT2D eigenvalue weighted by atomic mass is 79.9. The number of methoxy groups -OCH3 is 1. The Balaban J connectivity index is 1.84. The predicted molar refractivity (Wildman–Crippen MR) is 73.1 cm³/mol. The van der Waals surface area contributed by atoms with Gasteiger partial charge in [-0.3, -0.25) is 0 Å². The summed E-state index contributed by atoms with van der Waals surface area (Å²) in [4.78, 5) is 0.432. The molecule has 1 aliphatic rings. The highest BCUT2D eigenvalue weighted by Gasteiger charge is 2.23. The Kier molecular flexibility index (Phi) is 4.46. The van der Waals surface area contributed by atoms with Crippen LogP contribution in [0.3, 0.4) is 0 Å². The van der Waals surface area contributed by atoms with Crippen molar-refractivity contribution < 1.29 is 9.47 Å².